The van der Waals surface area contributed by atoms with Crippen molar-refractivity contribution in [1.82, 2.24) is 5.32 Å². The third-order valence-electron chi connectivity index (χ3n) is 9.15. The maximum Gasteiger partial charge on any atom is 0.276 e. The Hall–Kier alpha value is -4.64. The number of non-ortho nitro benzene ring substituents is 1. The Balaban J connectivity index is 1.44. The molecule has 0 bridgehead atoms. The van der Waals surface area contributed by atoms with Crippen molar-refractivity contribution in [2.75, 3.05) is 17.9 Å². The SMILES string of the molecule is CCC(C)(C)c1ccc(OCCCC[N]C(=O)c2cc(NS(=O)(=O)c3cccc([N+](=O)[O-])c3)c3ccccc3c2O)c(C(C)(C)CC)c1. The molecule has 10 nitrogen and oxygen atoms in total. The number of unbranched alkanes of at least 4 members (excludes halogenated alkanes) is 1. The zero-order valence-corrected chi connectivity index (χ0v) is 29.2. The molecule has 0 heterocycles. The van der Waals surface area contributed by atoms with Crippen molar-refractivity contribution < 1.29 is 28.0 Å². The highest BCUT2D eigenvalue weighted by molar-refractivity contribution is 7.92. The summed E-state index contributed by atoms with van der Waals surface area (Å²) >= 11 is 0. The van der Waals surface area contributed by atoms with Crippen LogP contribution in [0.1, 0.15) is 88.7 Å². The van der Waals surface area contributed by atoms with Crippen molar-refractivity contribution in [3.05, 3.63) is 99.6 Å². The summed E-state index contributed by atoms with van der Waals surface area (Å²) in [5.74, 6) is -0.162. The van der Waals surface area contributed by atoms with E-state index in [4.69, 9.17) is 4.74 Å². The number of carbonyl (C=O) groups is 1. The van der Waals surface area contributed by atoms with Crippen LogP contribution in [-0.2, 0) is 20.9 Å². The molecule has 0 saturated carbocycles. The van der Waals surface area contributed by atoms with Crippen LogP contribution in [0.4, 0.5) is 11.4 Å². The predicted molar refractivity (Wildman–Crippen MR) is 189 cm³/mol. The number of phenols is 1. The van der Waals surface area contributed by atoms with Crippen molar-refractivity contribution >= 4 is 38.1 Å². The van der Waals surface area contributed by atoms with Gasteiger partial charge < -0.3 is 9.84 Å². The van der Waals surface area contributed by atoms with Gasteiger partial charge in [0.2, 0.25) is 0 Å². The van der Waals surface area contributed by atoms with Crippen molar-refractivity contribution in [2.24, 2.45) is 0 Å². The molecule has 0 fully saturated rings. The second-order valence-corrected chi connectivity index (χ2v) is 14.8. The fourth-order valence-electron chi connectivity index (χ4n) is 5.24. The van der Waals surface area contributed by atoms with E-state index >= 15 is 0 Å². The van der Waals surface area contributed by atoms with E-state index in [1.807, 2.05) is 0 Å². The van der Waals surface area contributed by atoms with Gasteiger partial charge in [-0.05, 0) is 60.3 Å². The van der Waals surface area contributed by atoms with Crippen LogP contribution in [0.15, 0.2) is 77.7 Å². The molecule has 0 atom stereocenters. The zero-order valence-electron chi connectivity index (χ0n) is 28.4. The molecule has 0 aliphatic rings. The first kappa shape index (κ1) is 36.2. The van der Waals surface area contributed by atoms with Gasteiger partial charge in [0.1, 0.15) is 11.5 Å². The topological polar surface area (TPSA) is 150 Å². The van der Waals surface area contributed by atoms with Gasteiger partial charge in [-0.25, -0.2) is 13.7 Å². The standard InChI is InChI=1S/C37H44N3O7S/c1-7-36(3,4)25-18-19-33(31(22-25)37(5,6)8-2)47-21-12-11-20-38-35(42)30-24-32(28-16-9-10-17-29(28)34(30)41)39-48(45,46)27-15-13-14-26(23-27)40(43)44/h9-10,13-19,22-24,39,41H,7-8,11-12,20-21H2,1-6H3. The normalized spacial score (nSPS) is 12.1. The first-order valence-corrected chi connectivity index (χ1v) is 17.6. The van der Waals surface area contributed by atoms with Gasteiger partial charge in [0.15, 0.2) is 0 Å². The van der Waals surface area contributed by atoms with Gasteiger partial charge in [0.05, 0.1) is 27.7 Å². The van der Waals surface area contributed by atoms with Crippen molar-refractivity contribution in [3.8, 4) is 11.5 Å². The van der Waals surface area contributed by atoms with Crippen LogP contribution in [0.25, 0.3) is 10.8 Å². The van der Waals surface area contributed by atoms with E-state index in [2.05, 4.69) is 69.8 Å². The number of anilines is 1. The van der Waals surface area contributed by atoms with Gasteiger partial charge in [-0.2, -0.15) is 0 Å². The van der Waals surface area contributed by atoms with E-state index in [1.165, 1.54) is 35.4 Å². The van der Waals surface area contributed by atoms with Crippen LogP contribution < -0.4 is 14.8 Å². The summed E-state index contributed by atoms with van der Waals surface area (Å²) in [4.78, 5) is 23.4. The maximum atomic E-state index is 13.2. The number of benzene rings is 4. The molecule has 4 aromatic carbocycles. The second kappa shape index (κ2) is 14.6. The molecule has 48 heavy (non-hydrogen) atoms. The Morgan fingerprint density at radius 3 is 2.27 bits per heavy atom. The van der Waals surface area contributed by atoms with Gasteiger partial charge in [-0.3, -0.25) is 19.6 Å². The molecule has 0 aliphatic heterocycles. The highest BCUT2D eigenvalue weighted by Gasteiger charge is 2.27. The molecule has 1 radical (unpaired) electrons. The number of nitro benzene ring substituents is 1. The third kappa shape index (κ3) is 8.07. The molecule has 255 valence electrons. The highest BCUT2D eigenvalue weighted by atomic mass is 32.2. The van der Waals surface area contributed by atoms with Crippen molar-refractivity contribution in [1.29, 1.82) is 0 Å². The Bertz CT molecular complexity index is 1920. The monoisotopic (exact) mass is 674 g/mol. The fraction of sp³-hybridized carbons (Fsp3) is 0.378. The molecular formula is C37H44N3O7S. The summed E-state index contributed by atoms with van der Waals surface area (Å²) in [6.45, 7) is 13.9. The summed E-state index contributed by atoms with van der Waals surface area (Å²) in [6, 6.07) is 18.8. The quantitative estimate of drug-likeness (QED) is 0.0558. The molecule has 1 amide bonds. The highest BCUT2D eigenvalue weighted by Crippen LogP contribution is 2.39. The lowest BCUT2D eigenvalue weighted by atomic mass is 9.76. The van der Waals surface area contributed by atoms with Crippen LogP contribution in [0.3, 0.4) is 0 Å². The molecule has 2 N–H and O–H groups in total. The number of nitro groups is 1. The molecule has 0 saturated heterocycles. The van der Waals surface area contributed by atoms with Gasteiger partial charge in [-0.15, -0.1) is 0 Å². The van der Waals surface area contributed by atoms with E-state index in [-0.39, 0.29) is 50.3 Å². The largest absolute Gasteiger partial charge is 0.506 e. The molecule has 11 heteroatoms. The molecule has 0 aromatic heterocycles. The number of nitrogens with zero attached hydrogens (tertiary/aromatic N) is 2. The molecule has 4 rings (SSSR count). The summed E-state index contributed by atoms with van der Waals surface area (Å²) in [6.07, 6.45) is 3.18. The summed E-state index contributed by atoms with van der Waals surface area (Å²) < 4.78 is 35.1. The minimum absolute atomic E-state index is 0.0287. The van der Waals surface area contributed by atoms with Crippen LogP contribution in [0.5, 0.6) is 11.5 Å². The number of rotatable bonds is 15. The second-order valence-electron chi connectivity index (χ2n) is 13.2. The minimum Gasteiger partial charge on any atom is -0.506 e. The molecule has 4 aromatic rings. The molecule has 0 spiro atoms. The van der Waals surface area contributed by atoms with E-state index in [9.17, 15) is 28.4 Å². The van der Waals surface area contributed by atoms with E-state index in [0.717, 1.165) is 24.7 Å². The number of phenolic OH excluding ortho intramolecular Hbond substituents is 1. The van der Waals surface area contributed by atoms with Crippen molar-refractivity contribution in [3.63, 3.8) is 0 Å². The first-order valence-electron chi connectivity index (χ1n) is 16.1. The van der Waals surface area contributed by atoms with Gasteiger partial charge in [-0.1, -0.05) is 84.0 Å². The number of sulfonamides is 1. The lowest BCUT2D eigenvalue weighted by Gasteiger charge is -2.30. The Labute approximate surface area is 282 Å². The zero-order chi connectivity index (χ0) is 35.3. The summed E-state index contributed by atoms with van der Waals surface area (Å²) in [7, 11) is -4.28. The van der Waals surface area contributed by atoms with Crippen LogP contribution >= 0.6 is 0 Å². The van der Waals surface area contributed by atoms with Crippen LogP contribution in [0, 0.1) is 10.1 Å². The van der Waals surface area contributed by atoms with E-state index in [1.54, 1.807) is 24.3 Å². The van der Waals surface area contributed by atoms with E-state index < -0.39 is 20.9 Å². The lowest BCUT2D eigenvalue weighted by molar-refractivity contribution is -0.385. The maximum absolute atomic E-state index is 13.2. The Morgan fingerprint density at radius 2 is 1.60 bits per heavy atom. The number of fused-ring (bicyclic) bond motifs is 1. The number of aromatic hydroxyl groups is 1. The Morgan fingerprint density at radius 1 is 0.917 bits per heavy atom. The fourth-order valence-corrected chi connectivity index (χ4v) is 6.35. The number of ether oxygens (including phenoxy) is 1. The minimum atomic E-state index is -4.28. The lowest BCUT2D eigenvalue weighted by Crippen LogP contribution is -2.21. The van der Waals surface area contributed by atoms with Crippen LogP contribution in [0.2, 0.25) is 0 Å². The average Bonchev–Trinajstić information content (AvgIpc) is 3.07. The first-order chi connectivity index (χ1) is 22.6. The summed E-state index contributed by atoms with van der Waals surface area (Å²) in [5.41, 5.74) is 1.93. The Kier molecular flexibility index (Phi) is 11.0. The number of nitrogens with one attached hydrogen (secondary N) is 1. The van der Waals surface area contributed by atoms with E-state index in [0.29, 0.717) is 24.8 Å². The number of amides is 1. The molecular weight excluding hydrogens is 630 g/mol. The predicted octanol–water partition coefficient (Wildman–Crippen LogP) is 8.23. The van der Waals surface area contributed by atoms with Crippen LogP contribution in [-0.4, -0.2) is 37.5 Å². The number of hydrogen-bond acceptors (Lipinski definition) is 7. The van der Waals surface area contributed by atoms with Gasteiger partial charge in [0, 0.05) is 35.0 Å². The van der Waals surface area contributed by atoms with Crippen molar-refractivity contribution in [2.45, 2.75) is 83.0 Å². The smallest absolute Gasteiger partial charge is 0.276 e. The van der Waals surface area contributed by atoms with Gasteiger partial charge in [0.25, 0.3) is 21.6 Å². The molecule has 0 aliphatic carbocycles. The number of carbonyl (C=O) groups excluding carboxylic acids is 1. The average molecular weight is 675 g/mol. The molecule has 0 unspecified atom stereocenters. The third-order valence-corrected chi connectivity index (χ3v) is 10.5. The number of hydrogen-bond donors (Lipinski definition) is 2. The van der Waals surface area contributed by atoms with Gasteiger partial charge >= 0.3 is 0 Å². The summed E-state index contributed by atoms with van der Waals surface area (Å²) in [5, 5.41) is 26.9.